The van der Waals surface area contributed by atoms with Crippen LogP contribution in [0.3, 0.4) is 0 Å². The summed E-state index contributed by atoms with van der Waals surface area (Å²) in [7, 11) is 0. The Kier molecular flexibility index (Phi) is 3.33. The molecule has 0 saturated heterocycles. The van der Waals surface area contributed by atoms with Crippen LogP contribution in [-0.2, 0) is 6.42 Å². The number of furan rings is 1. The van der Waals surface area contributed by atoms with Gasteiger partial charge in [0.25, 0.3) is 5.91 Å². The first-order valence-corrected chi connectivity index (χ1v) is 5.96. The summed E-state index contributed by atoms with van der Waals surface area (Å²) in [4.78, 5) is 11.2. The highest BCUT2D eigenvalue weighted by atomic mass is 32.1. The maximum atomic E-state index is 11.2. The lowest BCUT2D eigenvalue weighted by Crippen LogP contribution is -2.26. The molecule has 0 saturated carbocycles. The van der Waals surface area contributed by atoms with Crippen molar-refractivity contribution in [2.24, 2.45) is 16.6 Å². The Balaban J connectivity index is 2.45. The smallest absolute Gasteiger partial charge is 0.284 e. The fourth-order valence-corrected chi connectivity index (χ4v) is 2.18. The second-order valence-corrected chi connectivity index (χ2v) is 4.55. The molecular weight excluding hydrogens is 252 g/mol. The van der Waals surface area contributed by atoms with Crippen LogP contribution in [0.15, 0.2) is 9.52 Å². The van der Waals surface area contributed by atoms with E-state index >= 15 is 0 Å². The van der Waals surface area contributed by atoms with Crippen LogP contribution in [0.25, 0.3) is 0 Å². The molecule has 0 unspecified atom stereocenters. The normalized spacial score (nSPS) is 16.4. The number of fused-ring (bicyclic) bond motifs is 1. The van der Waals surface area contributed by atoms with E-state index < -0.39 is 5.91 Å². The number of amides is 1. The van der Waals surface area contributed by atoms with Crippen molar-refractivity contribution in [3.05, 3.63) is 22.6 Å². The van der Waals surface area contributed by atoms with Gasteiger partial charge >= 0.3 is 0 Å². The number of carbonyl (C=O) groups excluding carboxylic acids is 1. The number of thiocarbonyl (C=S) groups is 1. The number of primary amides is 1. The van der Waals surface area contributed by atoms with Crippen molar-refractivity contribution >= 4 is 28.9 Å². The van der Waals surface area contributed by atoms with Gasteiger partial charge in [0.1, 0.15) is 5.76 Å². The van der Waals surface area contributed by atoms with E-state index in [9.17, 15) is 4.79 Å². The summed E-state index contributed by atoms with van der Waals surface area (Å²) in [6, 6.07) is 0. The van der Waals surface area contributed by atoms with E-state index in [4.69, 9.17) is 28.1 Å². The van der Waals surface area contributed by atoms with Gasteiger partial charge in [-0.1, -0.05) is 0 Å². The Morgan fingerprint density at radius 3 is 2.78 bits per heavy atom. The summed E-state index contributed by atoms with van der Waals surface area (Å²) in [5, 5.41) is 4.25. The molecule has 1 amide bonds. The summed E-state index contributed by atoms with van der Waals surface area (Å²) in [6.07, 6.45) is 2.45. The molecule has 0 atom stereocenters. The molecule has 0 spiro atoms. The largest absolute Gasteiger partial charge is 0.455 e. The van der Waals surface area contributed by atoms with Gasteiger partial charge in [-0.25, -0.2) is 0 Å². The second kappa shape index (κ2) is 4.77. The van der Waals surface area contributed by atoms with Crippen molar-refractivity contribution in [1.82, 2.24) is 5.43 Å². The first kappa shape index (κ1) is 12.6. The monoisotopic (exact) mass is 266 g/mol. The SMILES string of the molecule is Cc1c(C(N)=O)oc2c1/C(=N/NC(N)=S)CCC2. The van der Waals surface area contributed by atoms with Gasteiger partial charge in [0, 0.05) is 17.5 Å². The van der Waals surface area contributed by atoms with Crippen LogP contribution in [0.1, 0.15) is 40.3 Å². The molecule has 6 nitrogen and oxygen atoms in total. The lowest BCUT2D eigenvalue weighted by atomic mass is 9.93. The van der Waals surface area contributed by atoms with Crippen LogP contribution in [-0.4, -0.2) is 16.7 Å². The van der Waals surface area contributed by atoms with Gasteiger partial charge in [0.2, 0.25) is 0 Å². The number of hydrazone groups is 1. The molecular formula is C11H14N4O2S. The number of rotatable bonds is 2. The van der Waals surface area contributed by atoms with Crippen molar-refractivity contribution < 1.29 is 9.21 Å². The summed E-state index contributed by atoms with van der Waals surface area (Å²) in [5.74, 6) is 0.379. The van der Waals surface area contributed by atoms with E-state index in [1.165, 1.54) is 0 Å². The third-order valence-corrected chi connectivity index (χ3v) is 2.94. The van der Waals surface area contributed by atoms with Crippen molar-refractivity contribution in [2.45, 2.75) is 26.2 Å². The second-order valence-electron chi connectivity index (χ2n) is 4.11. The number of nitrogens with one attached hydrogen (secondary N) is 1. The highest BCUT2D eigenvalue weighted by Gasteiger charge is 2.26. The molecule has 0 fully saturated rings. The van der Waals surface area contributed by atoms with E-state index in [-0.39, 0.29) is 10.9 Å². The van der Waals surface area contributed by atoms with Gasteiger partial charge in [0.15, 0.2) is 10.9 Å². The van der Waals surface area contributed by atoms with E-state index in [2.05, 4.69) is 10.5 Å². The molecule has 1 aromatic rings. The van der Waals surface area contributed by atoms with Crippen LogP contribution in [0, 0.1) is 6.92 Å². The molecule has 1 aliphatic carbocycles. The molecule has 1 aromatic heterocycles. The number of nitrogens with two attached hydrogens (primary N) is 2. The third-order valence-electron chi connectivity index (χ3n) is 2.85. The lowest BCUT2D eigenvalue weighted by Gasteiger charge is -2.13. The van der Waals surface area contributed by atoms with E-state index in [1.807, 2.05) is 0 Å². The van der Waals surface area contributed by atoms with E-state index in [1.54, 1.807) is 6.92 Å². The van der Waals surface area contributed by atoms with Gasteiger partial charge in [-0.2, -0.15) is 5.10 Å². The average molecular weight is 266 g/mol. The topological polar surface area (TPSA) is 107 Å². The fourth-order valence-electron chi connectivity index (χ4n) is 2.14. The Morgan fingerprint density at radius 1 is 1.44 bits per heavy atom. The molecule has 1 heterocycles. The summed E-state index contributed by atoms with van der Waals surface area (Å²) in [5.41, 5.74) is 15.5. The highest BCUT2D eigenvalue weighted by molar-refractivity contribution is 7.80. The zero-order valence-electron chi connectivity index (χ0n) is 9.95. The Hall–Kier alpha value is -1.89. The van der Waals surface area contributed by atoms with Gasteiger partial charge in [-0.3, -0.25) is 10.2 Å². The summed E-state index contributed by atoms with van der Waals surface area (Å²) in [6.45, 7) is 1.80. The van der Waals surface area contributed by atoms with Gasteiger partial charge in [-0.15, -0.1) is 0 Å². The van der Waals surface area contributed by atoms with E-state index in [0.717, 1.165) is 41.9 Å². The zero-order valence-corrected chi connectivity index (χ0v) is 10.8. The van der Waals surface area contributed by atoms with Crippen LogP contribution in [0.4, 0.5) is 0 Å². The van der Waals surface area contributed by atoms with Gasteiger partial charge < -0.3 is 15.9 Å². The quantitative estimate of drug-likeness (QED) is 0.535. The van der Waals surface area contributed by atoms with Crippen molar-refractivity contribution in [3.63, 3.8) is 0 Å². The molecule has 96 valence electrons. The molecule has 2 rings (SSSR count). The molecule has 0 bridgehead atoms. The van der Waals surface area contributed by atoms with Crippen molar-refractivity contribution in [2.75, 3.05) is 0 Å². The fraction of sp³-hybridized carbons (Fsp3) is 0.364. The number of carbonyl (C=O) groups is 1. The maximum Gasteiger partial charge on any atom is 0.284 e. The average Bonchev–Trinajstić information content (AvgIpc) is 2.65. The summed E-state index contributed by atoms with van der Waals surface area (Å²) >= 11 is 4.70. The minimum Gasteiger partial charge on any atom is -0.455 e. The van der Waals surface area contributed by atoms with Gasteiger partial charge in [-0.05, 0) is 32.0 Å². The number of aryl methyl sites for hydroxylation is 1. The molecule has 5 N–H and O–H groups in total. The van der Waals surface area contributed by atoms with E-state index in [0.29, 0.717) is 0 Å². The number of nitrogens with zero attached hydrogens (tertiary/aromatic N) is 1. The van der Waals surface area contributed by atoms with Crippen molar-refractivity contribution in [1.29, 1.82) is 0 Å². The van der Waals surface area contributed by atoms with Crippen LogP contribution >= 0.6 is 12.2 Å². The van der Waals surface area contributed by atoms with Crippen LogP contribution < -0.4 is 16.9 Å². The molecule has 7 heteroatoms. The minimum atomic E-state index is -0.566. The van der Waals surface area contributed by atoms with Gasteiger partial charge in [0.05, 0.1) is 5.71 Å². The Morgan fingerprint density at radius 2 is 2.17 bits per heavy atom. The summed E-state index contributed by atoms with van der Waals surface area (Å²) < 4.78 is 5.49. The standard InChI is InChI=1S/C11H14N4O2S/c1-5-8-6(14-15-11(13)18)3-2-4-7(8)17-9(5)10(12)16/h2-4H2,1H3,(H2,12,16)(H3,13,15,18)/b14-6+. The number of hydrogen-bond acceptors (Lipinski definition) is 4. The predicted molar refractivity (Wildman–Crippen MR) is 71.4 cm³/mol. The molecule has 18 heavy (non-hydrogen) atoms. The Labute approximate surface area is 109 Å². The molecule has 0 radical (unpaired) electrons. The zero-order chi connectivity index (χ0) is 13.3. The first-order chi connectivity index (χ1) is 8.50. The highest BCUT2D eigenvalue weighted by Crippen LogP contribution is 2.29. The maximum absolute atomic E-state index is 11.2. The van der Waals surface area contributed by atoms with Crippen LogP contribution in [0.2, 0.25) is 0 Å². The molecule has 0 aliphatic heterocycles. The van der Waals surface area contributed by atoms with Crippen molar-refractivity contribution in [3.8, 4) is 0 Å². The predicted octanol–water partition coefficient (Wildman–Crippen LogP) is 0.561. The minimum absolute atomic E-state index is 0.103. The first-order valence-electron chi connectivity index (χ1n) is 5.55. The van der Waals surface area contributed by atoms with Crippen LogP contribution in [0.5, 0.6) is 0 Å². The Bertz CT molecular complexity index is 547. The third kappa shape index (κ3) is 2.21. The molecule has 0 aromatic carbocycles. The molecule has 1 aliphatic rings. The number of hydrogen-bond donors (Lipinski definition) is 3. The lowest BCUT2D eigenvalue weighted by molar-refractivity contribution is 0.0971.